The largest absolute Gasteiger partial charge is 0.375 e. The SMILES string of the molecule is CC1=N\C(CCl)=C\CC(C)/C(N2CCCC2)=C\1. The Labute approximate surface area is 109 Å². The molecule has 0 aliphatic carbocycles. The van der Waals surface area contributed by atoms with Crippen LogP contribution in [0.25, 0.3) is 0 Å². The van der Waals surface area contributed by atoms with Crippen molar-refractivity contribution >= 4 is 17.3 Å². The Balaban J connectivity index is 2.24. The van der Waals surface area contributed by atoms with Crippen LogP contribution < -0.4 is 0 Å². The molecular formula is C14H21ClN2. The van der Waals surface area contributed by atoms with E-state index in [1.165, 1.54) is 31.6 Å². The molecule has 1 fully saturated rings. The summed E-state index contributed by atoms with van der Waals surface area (Å²) in [5, 5.41) is 0. The van der Waals surface area contributed by atoms with E-state index in [9.17, 15) is 0 Å². The molecule has 2 rings (SSSR count). The van der Waals surface area contributed by atoms with E-state index in [2.05, 4.69) is 35.9 Å². The van der Waals surface area contributed by atoms with Crippen molar-refractivity contribution < 1.29 is 0 Å². The predicted molar refractivity (Wildman–Crippen MR) is 74.6 cm³/mol. The first-order chi connectivity index (χ1) is 8.20. The molecule has 1 atom stereocenters. The van der Waals surface area contributed by atoms with E-state index in [1.807, 2.05) is 0 Å². The molecule has 0 aromatic rings. The first kappa shape index (κ1) is 12.7. The van der Waals surface area contributed by atoms with E-state index in [0.717, 1.165) is 17.8 Å². The van der Waals surface area contributed by atoms with Crippen molar-refractivity contribution in [3.8, 4) is 0 Å². The molecular weight excluding hydrogens is 232 g/mol. The van der Waals surface area contributed by atoms with Crippen LogP contribution >= 0.6 is 11.6 Å². The number of halogens is 1. The molecule has 1 saturated heterocycles. The van der Waals surface area contributed by atoms with Crippen molar-refractivity contribution in [2.45, 2.75) is 33.1 Å². The lowest BCUT2D eigenvalue weighted by atomic mass is 9.99. The Hall–Kier alpha value is -0.760. The molecule has 0 radical (unpaired) electrons. The summed E-state index contributed by atoms with van der Waals surface area (Å²) in [7, 11) is 0. The second-order valence-corrected chi connectivity index (χ2v) is 5.25. The Morgan fingerprint density at radius 3 is 2.76 bits per heavy atom. The first-order valence-corrected chi connectivity index (χ1v) is 7.01. The summed E-state index contributed by atoms with van der Waals surface area (Å²) >= 11 is 5.88. The molecule has 2 aliphatic rings. The average molecular weight is 253 g/mol. The number of nitrogens with zero attached hydrogens (tertiary/aromatic N) is 2. The van der Waals surface area contributed by atoms with E-state index >= 15 is 0 Å². The van der Waals surface area contributed by atoms with Gasteiger partial charge in [-0.25, -0.2) is 0 Å². The van der Waals surface area contributed by atoms with Gasteiger partial charge in [-0.1, -0.05) is 13.0 Å². The summed E-state index contributed by atoms with van der Waals surface area (Å²) < 4.78 is 0. The molecule has 1 unspecified atom stereocenters. The van der Waals surface area contributed by atoms with Gasteiger partial charge in [0.2, 0.25) is 0 Å². The van der Waals surface area contributed by atoms with Gasteiger partial charge in [0.05, 0.1) is 11.6 Å². The molecule has 0 aromatic carbocycles. The van der Waals surface area contributed by atoms with Crippen LogP contribution in [0.3, 0.4) is 0 Å². The van der Waals surface area contributed by atoms with E-state index in [4.69, 9.17) is 11.6 Å². The van der Waals surface area contributed by atoms with Crippen molar-refractivity contribution in [1.82, 2.24) is 4.90 Å². The summed E-state index contributed by atoms with van der Waals surface area (Å²) in [6.07, 6.45) is 8.12. The molecule has 2 aliphatic heterocycles. The molecule has 0 N–H and O–H groups in total. The number of likely N-dealkylation sites (tertiary alicyclic amines) is 1. The third-order valence-corrected chi connectivity index (χ3v) is 3.77. The zero-order valence-corrected chi connectivity index (χ0v) is 11.5. The minimum absolute atomic E-state index is 0.511. The standard InChI is InChI=1S/C14H21ClN2/c1-11-5-6-13(10-15)16-12(2)9-14(11)17-7-3-4-8-17/h6,9,11H,3-5,7-8,10H2,1-2H3/b13-6+,14-9+,16-12+. The highest BCUT2D eigenvalue weighted by Gasteiger charge is 2.20. The number of hydrogen-bond acceptors (Lipinski definition) is 2. The van der Waals surface area contributed by atoms with Gasteiger partial charge in [0.1, 0.15) is 0 Å². The van der Waals surface area contributed by atoms with Crippen LogP contribution in [0.15, 0.2) is 28.5 Å². The van der Waals surface area contributed by atoms with Gasteiger partial charge in [0, 0.05) is 24.5 Å². The summed E-state index contributed by atoms with van der Waals surface area (Å²) in [5.41, 5.74) is 3.53. The minimum atomic E-state index is 0.511. The normalized spacial score (nSPS) is 35.1. The maximum absolute atomic E-state index is 5.88. The fourth-order valence-corrected chi connectivity index (χ4v) is 2.73. The van der Waals surface area contributed by atoms with Crippen molar-refractivity contribution in [2.24, 2.45) is 10.9 Å². The van der Waals surface area contributed by atoms with Gasteiger partial charge in [-0.15, -0.1) is 11.6 Å². The van der Waals surface area contributed by atoms with Crippen LogP contribution in [-0.2, 0) is 0 Å². The lowest BCUT2D eigenvalue weighted by molar-refractivity contribution is 0.371. The molecule has 0 spiro atoms. The molecule has 17 heavy (non-hydrogen) atoms. The van der Waals surface area contributed by atoms with Crippen LogP contribution in [-0.4, -0.2) is 29.6 Å². The van der Waals surface area contributed by atoms with Gasteiger partial charge in [-0.2, -0.15) is 0 Å². The smallest absolute Gasteiger partial charge is 0.0644 e. The monoisotopic (exact) mass is 252 g/mol. The van der Waals surface area contributed by atoms with Gasteiger partial charge in [-0.05, 0) is 38.2 Å². The second kappa shape index (κ2) is 5.72. The molecule has 3 heteroatoms. The molecule has 94 valence electrons. The quantitative estimate of drug-likeness (QED) is 0.686. The van der Waals surface area contributed by atoms with Crippen molar-refractivity contribution in [1.29, 1.82) is 0 Å². The number of alkyl halides is 1. The van der Waals surface area contributed by atoms with Gasteiger partial charge in [-0.3, -0.25) is 4.99 Å². The number of rotatable bonds is 2. The van der Waals surface area contributed by atoms with Gasteiger partial charge < -0.3 is 4.90 Å². The fraction of sp³-hybridized carbons (Fsp3) is 0.643. The molecule has 0 bridgehead atoms. The highest BCUT2D eigenvalue weighted by molar-refractivity contribution is 6.19. The highest BCUT2D eigenvalue weighted by Crippen LogP contribution is 2.26. The van der Waals surface area contributed by atoms with E-state index in [1.54, 1.807) is 0 Å². The lowest BCUT2D eigenvalue weighted by Crippen LogP contribution is -2.24. The van der Waals surface area contributed by atoms with E-state index in [0.29, 0.717) is 11.8 Å². The predicted octanol–water partition coefficient (Wildman–Crippen LogP) is 3.59. The Morgan fingerprint density at radius 1 is 1.41 bits per heavy atom. The molecule has 0 amide bonds. The molecule has 0 aromatic heterocycles. The zero-order chi connectivity index (χ0) is 12.3. The van der Waals surface area contributed by atoms with E-state index in [-0.39, 0.29) is 0 Å². The molecule has 2 nitrogen and oxygen atoms in total. The van der Waals surface area contributed by atoms with Gasteiger partial charge >= 0.3 is 0 Å². The maximum atomic E-state index is 5.88. The van der Waals surface area contributed by atoms with Crippen LogP contribution in [0.4, 0.5) is 0 Å². The van der Waals surface area contributed by atoms with Crippen molar-refractivity contribution in [3.05, 3.63) is 23.5 Å². The highest BCUT2D eigenvalue weighted by atomic mass is 35.5. The lowest BCUT2D eigenvalue weighted by Gasteiger charge is -2.27. The Kier molecular flexibility index (Phi) is 4.27. The van der Waals surface area contributed by atoms with E-state index < -0.39 is 0 Å². The molecule has 0 saturated carbocycles. The van der Waals surface area contributed by atoms with Crippen LogP contribution in [0.5, 0.6) is 0 Å². The second-order valence-electron chi connectivity index (χ2n) is 4.98. The molecule has 2 heterocycles. The average Bonchev–Trinajstić information content (AvgIpc) is 2.82. The Morgan fingerprint density at radius 2 is 2.12 bits per heavy atom. The third kappa shape index (κ3) is 3.12. The number of allylic oxidation sites excluding steroid dienone is 4. The van der Waals surface area contributed by atoms with Gasteiger partial charge in [0.25, 0.3) is 0 Å². The van der Waals surface area contributed by atoms with Gasteiger partial charge in [0.15, 0.2) is 0 Å². The zero-order valence-electron chi connectivity index (χ0n) is 10.7. The summed E-state index contributed by atoms with van der Waals surface area (Å²) in [6.45, 7) is 6.77. The Bertz CT molecular complexity index is 362. The number of aliphatic imine (C=N–C) groups is 1. The third-order valence-electron chi connectivity index (χ3n) is 3.50. The topological polar surface area (TPSA) is 15.6 Å². The number of hydrogen-bond donors (Lipinski definition) is 0. The van der Waals surface area contributed by atoms with Crippen LogP contribution in [0.1, 0.15) is 33.1 Å². The summed E-state index contributed by atoms with van der Waals surface area (Å²) in [5.74, 6) is 1.08. The summed E-state index contributed by atoms with van der Waals surface area (Å²) in [6, 6.07) is 0. The van der Waals surface area contributed by atoms with Crippen molar-refractivity contribution in [2.75, 3.05) is 19.0 Å². The maximum Gasteiger partial charge on any atom is 0.0644 e. The minimum Gasteiger partial charge on any atom is -0.375 e. The van der Waals surface area contributed by atoms with Crippen LogP contribution in [0.2, 0.25) is 0 Å². The summed E-state index contributed by atoms with van der Waals surface area (Å²) in [4.78, 5) is 7.07. The van der Waals surface area contributed by atoms with Crippen molar-refractivity contribution in [3.63, 3.8) is 0 Å². The fourth-order valence-electron chi connectivity index (χ4n) is 2.56. The first-order valence-electron chi connectivity index (χ1n) is 6.47. The van der Waals surface area contributed by atoms with Crippen LogP contribution in [0, 0.1) is 5.92 Å².